The zero-order chi connectivity index (χ0) is 16.6. The van der Waals surface area contributed by atoms with Gasteiger partial charge in [-0.2, -0.15) is 0 Å². The third-order valence-electron chi connectivity index (χ3n) is 5.01. The molecule has 2 nitrogen and oxygen atoms in total. The Balaban J connectivity index is 1.98. The maximum atomic E-state index is 12.9. The first kappa shape index (κ1) is 14.7. The fraction of sp³-hybridized carbons (Fsp3) is 0.136. The second-order valence-corrected chi connectivity index (χ2v) is 6.23. The summed E-state index contributed by atoms with van der Waals surface area (Å²) in [4.78, 5) is 14.8. The molecule has 0 spiro atoms. The molecule has 0 N–H and O–H groups in total. The van der Waals surface area contributed by atoms with E-state index in [4.69, 9.17) is 0 Å². The molecule has 3 aromatic carbocycles. The van der Waals surface area contributed by atoms with Gasteiger partial charge in [-0.3, -0.25) is 9.69 Å². The van der Waals surface area contributed by atoms with Crippen LogP contribution in [0.25, 0.3) is 0 Å². The van der Waals surface area contributed by atoms with Gasteiger partial charge in [0.05, 0.1) is 5.92 Å². The van der Waals surface area contributed by atoms with E-state index >= 15 is 0 Å². The number of hydrogen-bond donors (Lipinski definition) is 0. The zero-order valence-electron chi connectivity index (χ0n) is 13.6. The van der Waals surface area contributed by atoms with E-state index in [0.717, 1.165) is 16.8 Å². The minimum absolute atomic E-state index is 0.109. The summed E-state index contributed by atoms with van der Waals surface area (Å²) in [6.45, 7) is 2.03. The molecule has 118 valence electrons. The number of hydrogen-bond acceptors (Lipinski definition) is 1. The van der Waals surface area contributed by atoms with Crippen molar-refractivity contribution >= 4 is 11.6 Å². The average Bonchev–Trinajstić information content (AvgIpc) is 2.67. The summed E-state index contributed by atoms with van der Waals surface area (Å²) in [6.07, 6.45) is 0. The average molecular weight is 313 g/mol. The molecule has 1 fully saturated rings. The first-order valence-electron chi connectivity index (χ1n) is 8.26. The van der Waals surface area contributed by atoms with E-state index in [0.29, 0.717) is 0 Å². The Morgan fingerprint density at radius 1 is 0.708 bits per heavy atom. The van der Waals surface area contributed by atoms with Crippen molar-refractivity contribution in [2.75, 3.05) is 4.90 Å². The molecule has 1 unspecified atom stereocenters. The van der Waals surface area contributed by atoms with Crippen LogP contribution in [0.3, 0.4) is 0 Å². The van der Waals surface area contributed by atoms with Crippen molar-refractivity contribution in [2.24, 2.45) is 5.92 Å². The van der Waals surface area contributed by atoms with Crippen molar-refractivity contribution in [1.82, 2.24) is 0 Å². The van der Waals surface area contributed by atoms with E-state index in [2.05, 4.69) is 24.3 Å². The molecule has 1 aliphatic rings. The van der Waals surface area contributed by atoms with E-state index in [-0.39, 0.29) is 11.8 Å². The van der Waals surface area contributed by atoms with Crippen LogP contribution in [0.2, 0.25) is 0 Å². The molecule has 0 aliphatic carbocycles. The van der Waals surface area contributed by atoms with E-state index in [1.807, 2.05) is 78.6 Å². The molecule has 3 aromatic rings. The summed E-state index contributed by atoms with van der Waals surface area (Å²) >= 11 is 0. The minimum atomic E-state index is -0.457. The minimum Gasteiger partial charge on any atom is -0.297 e. The Bertz CT molecular complexity index is 803. The van der Waals surface area contributed by atoms with Gasteiger partial charge in [0.2, 0.25) is 5.91 Å². The van der Waals surface area contributed by atoms with Gasteiger partial charge in [-0.15, -0.1) is 0 Å². The highest BCUT2D eigenvalue weighted by molar-refractivity contribution is 6.06. The molecular weight excluding hydrogens is 294 g/mol. The van der Waals surface area contributed by atoms with Crippen LogP contribution in [0.15, 0.2) is 91.0 Å². The number of nitrogens with zero attached hydrogens (tertiary/aromatic N) is 1. The molecule has 0 bridgehead atoms. The maximum Gasteiger partial charge on any atom is 0.234 e. The van der Waals surface area contributed by atoms with Crippen molar-refractivity contribution in [3.63, 3.8) is 0 Å². The van der Waals surface area contributed by atoms with Crippen LogP contribution in [-0.2, 0) is 10.3 Å². The van der Waals surface area contributed by atoms with E-state index in [1.165, 1.54) is 0 Å². The van der Waals surface area contributed by atoms with Crippen LogP contribution in [0, 0.1) is 5.92 Å². The molecule has 1 atom stereocenters. The van der Waals surface area contributed by atoms with Crippen LogP contribution in [-0.4, -0.2) is 5.91 Å². The number of amides is 1. The van der Waals surface area contributed by atoms with Crippen LogP contribution >= 0.6 is 0 Å². The van der Waals surface area contributed by atoms with Crippen molar-refractivity contribution < 1.29 is 4.79 Å². The topological polar surface area (TPSA) is 20.3 Å². The second-order valence-electron chi connectivity index (χ2n) is 6.23. The first-order chi connectivity index (χ1) is 11.8. The summed E-state index contributed by atoms with van der Waals surface area (Å²) in [5.41, 5.74) is 2.77. The SMILES string of the molecule is CC1C(=O)N(c2ccccc2)C1(c1ccccc1)c1ccccc1. The fourth-order valence-corrected chi connectivity index (χ4v) is 3.89. The van der Waals surface area contributed by atoms with Crippen molar-refractivity contribution in [3.05, 3.63) is 102 Å². The zero-order valence-corrected chi connectivity index (χ0v) is 13.6. The highest BCUT2D eigenvalue weighted by atomic mass is 16.2. The summed E-state index contributed by atoms with van der Waals surface area (Å²) in [6, 6.07) is 30.6. The van der Waals surface area contributed by atoms with Crippen LogP contribution in [0.1, 0.15) is 18.1 Å². The number of β-lactam (4-membered cyclic amide) rings is 1. The Morgan fingerprint density at radius 3 is 1.58 bits per heavy atom. The quantitative estimate of drug-likeness (QED) is 0.646. The highest BCUT2D eigenvalue weighted by Gasteiger charge is 2.60. The third-order valence-corrected chi connectivity index (χ3v) is 5.01. The lowest BCUT2D eigenvalue weighted by molar-refractivity contribution is -0.133. The largest absolute Gasteiger partial charge is 0.297 e. The van der Waals surface area contributed by atoms with Gasteiger partial charge in [-0.1, -0.05) is 85.8 Å². The van der Waals surface area contributed by atoms with Gasteiger partial charge < -0.3 is 0 Å². The predicted molar refractivity (Wildman–Crippen MR) is 96.8 cm³/mol. The molecule has 4 rings (SSSR count). The van der Waals surface area contributed by atoms with Gasteiger partial charge in [0.1, 0.15) is 5.54 Å². The van der Waals surface area contributed by atoms with Crippen LogP contribution in [0.5, 0.6) is 0 Å². The summed E-state index contributed by atoms with van der Waals surface area (Å²) in [7, 11) is 0. The number of rotatable bonds is 3. The molecule has 1 heterocycles. The summed E-state index contributed by atoms with van der Waals surface area (Å²) < 4.78 is 0. The Hall–Kier alpha value is -2.87. The maximum absolute atomic E-state index is 12.9. The Kier molecular flexibility index (Phi) is 3.46. The molecule has 0 aromatic heterocycles. The standard InChI is InChI=1S/C22H19NO/c1-17-21(24)23(20-15-9-4-10-16-20)22(17,18-11-5-2-6-12-18)19-13-7-3-8-14-19/h2-17H,1H3. The molecule has 1 amide bonds. The van der Waals surface area contributed by atoms with Crippen LogP contribution < -0.4 is 4.90 Å². The van der Waals surface area contributed by atoms with Gasteiger partial charge in [0.25, 0.3) is 0 Å². The number of anilines is 1. The van der Waals surface area contributed by atoms with Gasteiger partial charge in [-0.05, 0) is 23.3 Å². The molecule has 24 heavy (non-hydrogen) atoms. The first-order valence-corrected chi connectivity index (χ1v) is 8.26. The Morgan fingerprint density at radius 2 is 1.12 bits per heavy atom. The fourth-order valence-electron chi connectivity index (χ4n) is 3.89. The Labute approximate surface area is 142 Å². The van der Waals surface area contributed by atoms with E-state index in [9.17, 15) is 4.79 Å². The third kappa shape index (κ3) is 1.93. The van der Waals surface area contributed by atoms with Gasteiger partial charge >= 0.3 is 0 Å². The smallest absolute Gasteiger partial charge is 0.234 e. The lowest BCUT2D eigenvalue weighted by atomic mass is 9.65. The second kappa shape index (κ2) is 5.64. The van der Waals surface area contributed by atoms with Crippen molar-refractivity contribution in [3.8, 4) is 0 Å². The van der Waals surface area contributed by atoms with Crippen LogP contribution in [0.4, 0.5) is 5.69 Å². The monoisotopic (exact) mass is 313 g/mol. The van der Waals surface area contributed by atoms with Gasteiger partial charge in [-0.25, -0.2) is 0 Å². The molecule has 1 saturated heterocycles. The number of para-hydroxylation sites is 1. The molecule has 1 aliphatic heterocycles. The summed E-state index contributed by atoms with van der Waals surface area (Å²) in [5, 5.41) is 0. The van der Waals surface area contributed by atoms with Gasteiger partial charge in [0, 0.05) is 5.69 Å². The highest BCUT2D eigenvalue weighted by Crippen LogP contribution is 2.52. The normalized spacial score (nSPS) is 19.0. The van der Waals surface area contributed by atoms with E-state index in [1.54, 1.807) is 0 Å². The number of benzene rings is 3. The van der Waals surface area contributed by atoms with Crippen molar-refractivity contribution in [1.29, 1.82) is 0 Å². The molecule has 0 saturated carbocycles. The van der Waals surface area contributed by atoms with Crippen molar-refractivity contribution in [2.45, 2.75) is 12.5 Å². The number of carbonyl (C=O) groups is 1. The predicted octanol–water partition coefficient (Wildman–Crippen LogP) is 4.61. The van der Waals surface area contributed by atoms with Gasteiger partial charge in [0.15, 0.2) is 0 Å². The number of carbonyl (C=O) groups excluding carboxylic acids is 1. The lowest BCUT2D eigenvalue weighted by Crippen LogP contribution is -2.68. The molecular formula is C22H19NO. The molecule has 2 heteroatoms. The van der Waals surface area contributed by atoms with E-state index < -0.39 is 5.54 Å². The molecule has 0 radical (unpaired) electrons. The summed E-state index contributed by atoms with van der Waals surface area (Å²) in [5.74, 6) is 0.0522. The lowest BCUT2D eigenvalue weighted by Gasteiger charge is -2.57.